The number of benzene rings is 3. The summed E-state index contributed by atoms with van der Waals surface area (Å²) in [6, 6.07) is 23.0. The Hall–Kier alpha value is -4.00. The van der Waals surface area contributed by atoms with Gasteiger partial charge in [-0.15, -0.1) is 0 Å². The Labute approximate surface area is 154 Å². The quantitative estimate of drug-likeness (QED) is 0.562. The number of hydrogen-bond acceptors (Lipinski definition) is 5. The molecule has 7 heteroatoms. The zero-order chi connectivity index (χ0) is 18.8. The van der Waals surface area contributed by atoms with Gasteiger partial charge in [-0.25, -0.2) is 5.01 Å². The van der Waals surface area contributed by atoms with Crippen LogP contribution in [0.2, 0.25) is 0 Å². The van der Waals surface area contributed by atoms with Crippen LogP contribution >= 0.6 is 0 Å². The van der Waals surface area contributed by atoms with Gasteiger partial charge in [-0.3, -0.25) is 14.9 Å². The molecular weight excluding hydrogens is 344 g/mol. The first-order chi connectivity index (χ1) is 13.1. The zero-order valence-electron chi connectivity index (χ0n) is 14.1. The lowest BCUT2D eigenvalue weighted by atomic mass is 10.1. The van der Waals surface area contributed by atoms with E-state index in [1.807, 2.05) is 60.7 Å². The Balaban J connectivity index is 1.86. The van der Waals surface area contributed by atoms with Crippen molar-refractivity contribution in [3.8, 4) is 0 Å². The molecule has 0 aliphatic carbocycles. The van der Waals surface area contributed by atoms with Crippen molar-refractivity contribution >= 4 is 34.4 Å². The van der Waals surface area contributed by atoms with Crippen LogP contribution in [0.1, 0.15) is 5.56 Å². The number of nitrogens with one attached hydrogen (secondary N) is 1. The van der Waals surface area contributed by atoms with Crippen LogP contribution in [0.25, 0.3) is 0 Å². The maximum Gasteiger partial charge on any atom is 0.276 e. The lowest BCUT2D eigenvalue weighted by molar-refractivity contribution is -0.384. The van der Waals surface area contributed by atoms with Gasteiger partial charge in [-0.1, -0.05) is 36.4 Å². The third-order valence-corrected chi connectivity index (χ3v) is 4.13. The van der Waals surface area contributed by atoms with Crippen LogP contribution in [0, 0.1) is 10.1 Å². The second kappa shape index (κ2) is 6.72. The van der Waals surface area contributed by atoms with Gasteiger partial charge in [-0.2, -0.15) is 5.10 Å². The van der Waals surface area contributed by atoms with Gasteiger partial charge in [0.25, 0.3) is 11.6 Å². The van der Waals surface area contributed by atoms with Crippen LogP contribution in [0.4, 0.5) is 22.7 Å². The summed E-state index contributed by atoms with van der Waals surface area (Å²) in [5, 5.41) is 20.0. The summed E-state index contributed by atoms with van der Waals surface area (Å²) in [6.45, 7) is 0. The van der Waals surface area contributed by atoms with Gasteiger partial charge in [0.15, 0.2) is 5.71 Å². The van der Waals surface area contributed by atoms with E-state index in [-0.39, 0.29) is 11.4 Å². The van der Waals surface area contributed by atoms with Gasteiger partial charge in [-0.05, 0) is 30.3 Å². The molecule has 0 saturated carbocycles. The van der Waals surface area contributed by atoms with Crippen LogP contribution in [0.5, 0.6) is 0 Å². The number of carbonyl (C=O) groups is 1. The summed E-state index contributed by atoms with van der Waals surface area (Å²) in [5.74, 6) is -0.401. The minimum atomic E-state index is -0.493. The molecule has 0 bridgehead atoms. The summed E-state index contributed by atoms with van der Waals surface area (Å²) in [7, 11) is 0. The fourth-order valence-electron chi connectivity index (χ4n) is 2.86. The molecule has 4 rings (SSSR count). The molecule has 1 amide bonds. The predicted octanol–water partition coefficient (Wildman–Crippen LogP) is 4.09. The molecule has 0 unspecified atom stereocenters. The van der Waals surface area contributed by atoms with E-state index < -0.39 is 10.8 Å². The minimum Gasteiger partial charge on any atom is -0.320 e. The largest absolute Gasteiger partial charge is 0.320 e. The predicted molar refractivity (Wildman–Crippen MR) is 103 cm³/mol. The maximum absolute atomic E-state index is 12.5. The topological polar surface area (TPSA) is 87.8 Å². The summed E-state index contributed by atoms with van der Waals surface area (Å²) < 4.78 is 0. The van der Waals surface area contributed by atoms with Crippen molar-refractivity contribution in [2.24, 2.45) is 5.10 Å². The highest BCUT2D eigenvalue weighted by Gasteiger charge is 2.29. The van der Waals surface area contributed by atoms with Crippen molar-refractivity contribution in [3.63, 3.8) is 0 Å². The summed E-state index contributed by atoms with van der Waals surface area (Å²) in [4.78, 5) is 23.1. The molecule has 0 radical (unpaired) electrons. The molecule has 3 aromatic rings. The van der Waals surface area contributed by atoms with Crippen LogP contribution in [-0.2, 0) is 4.79 Å². The standard InChI is InChI=1S/C20H14N4O3/c25-20-19(17-13-16(24(26)27)11-12-18(17)21-20)22-23(14-7-3-1-4-8-14)15-9-5-2-6-10-15/h1-13H,(H,21,22,25). The first kappa shape index (κ1) is 16.5. The third-order valence-electron chi connectivity index (χ3n) is 4.13. The molecule has 1 heterocycles. The molecule has 0 aromatic heterocycles. The van der Waals surface area contributed by atoms with Crippen molar-refractivity contribution in [2.45, 2.75) is 0 Å². The monoisotopic (exact) mass is 358 g/mol. The molecule has 0 atom stereocenters. The van der Waals surface area contributed by atoms with Crippen LogP contribution in [0.15, 0.2) is 84.0 Å². The van der Waals surface area contributed by atoms with E-state index in [0.717, 1.165) is 11.4 Å². The third kappa shape index (κ3) is 3.13. The Kier molecular flexibility index (Phi) is 4.10. The maximum atomic E-state index is 12.5. The number of carbonyl (C=O) groups excluding carboxylic acids is 1. The SMILES string of the molecule is O=C1Nc2ccc([N+](=O)[O-])cc2/C1=N/N(c1ccccc1)c1ccccc1. The van der Waals surface area contributed by atoms with E-state index >= 15 is 0 Å². The van der Waals surface area contributed by atoms with E-state index in [0.29, 0.717) is 11.3 Å². The van der Waals surface area contributed by atoms with E-state index in [9.17, 15) is 14.9 Å². The van der Waals surface area contributed by atoms with Gasteiger partial charge in [0, 0.05) is 17.7 Å². The molecule has 1 aliphatic heterocycles. The zero-order valence-corrected chi connectivity index (χ0v) is 14.1. The number of amides is 1. The van der Waals surface area contributed by atoms with Gasteiger partial charge in [0.05, 0.1) is 22.0 Å². The van der Waals surface area contributed by atoms with Crippen LogP contribution < -0.4 is 10.3 Å². The van der Waals surface area contributed by atoms with E-state index in [1.54, 1.807) is 5.01 Å². The second-order valence-corrected chi connectivity index (χ2v) is 5.87. The number of nitrogens with zero attached hydrogens (tertiary/aromatic N) is 3. The molecule has 0 spiro atoms. The van der Waals surface area contributed by atoms with Crippen molar-refractivity contribution < 1.29 is 9.72 Å². The Morgan fingerprint density at radius 1 is 0.889 bits per heavy atom. The first-order valence-electron chi connectivity index (χ1n) is 8.22. The fourth-order valence-corrected chi connectivity index (χ4v) is 2.86. The van der Waals surface area contributed by atoms with Gasteiger partial charge in [0.1, 0.15) is 0 Å². The lowest BCUT2D eigenvalue weighted by Gasteiger charge is -2.20. The summed E-state index contributed by atoms with van der Waals surface area (Å²) >= 11 is 0. The Morgan fingerprint density at radius 2 is 1.48 bits per heavy atom. The number of rotatable bonds is 4. The Bertz CT molecular complexity index is 1010. The molecule has 27 heavy (non-hydrogen) atoms. The normalized spacial score (nSPS) is 13.9. The fraction of sp³-hybridized carbons (Fsp3) is 0. The van der Waals surface area contributed by atoms with Crippen LogP contribution in [0.3, 0.4) is 0 Å². The van der Waals surface area contributed by atoms with E-state index in [2.05, 4.69) is 10.4 Å². The molecule has 0 fully saturated rings. The van der Waals surface area contributed by atoms with Gasteiger partial charge >= 0.3 is 0 Å². The van der Waals surface area contributed by atoms with Crippen molar-refractivity contribution in [1.82, 2.24) is 0 Å². The molecule has 3 aromatic carbocycles. The lowest BCUT2D eigenvalue weighted by Crippen LogP contribution is -2.20. The number of anilines is 3. The molecule has 1 N–H and O–H groups in total. The Morgan fingerprint density at radius 3 is 2.04 bits per heavy atom. The average molecular weight is 358 g/mol. The van der Waals surface area contributed by atoms with Crippen molar-refractivity contribution in [2.75, 3.05) is 10.3 Å². The van der Waals surface area contributed by atoms with Crippen LogP contribution in [-0.4, -0.2) is 16.5 Å². The smallest absolute Gasteiger partial charge is 0.276 e. The van der Waals surface area contributed by atoms with Gasteiger partial charge < -0.3 is 5.32 Å². The number of hydrogen-bond donors (Lipinski definition) is 1. The number of para-hydroxylation sites is 2. The number of nitro groups is 1. The molecule has 7 nitrogen and oxygen atoms in total. The molecule has 0 saturated heterocycles. The molecular formula is C20H14N4O3. The second-order valence-electron chi connectivity index (χ2n) is 5.87. The number of non-ortho nitro benzene ring substituents is 1. The first-order valence-corrected chi connectivity index (χ1v) is 8.22. The highest BCUT2D eigenvalue weighted by molar-refractivity contribution is 6.54. The highest BCUT2D eigenvalue weighted by atomic mass is 16.6. The number of hydrazone groups is 1. The minimum absolute atomic E-state index is 0.0936. The highest BCUT2D eigenvalue weighted by Crippen LogP contribution is 2.31. The number of fused-ring (bicyclic) bond motifs is 1. The molecule has 132 valence electrons. The van der Waals surface area contributed by atoms with Crippen molar-refractivity contribution in [3.05, 3.63) is 94.5 Å². The number of nitro benzene ring substituents is 1. The summed E-state index contributed by atoms with van der Waals surface area (Å²) in [6.07, 6.45) is 0. The average Bonchev–Trinajstić information content (AvgIpc) is 3.01. The van der Waals surface area contributed by atoms with Crippen molar-refractivity contribution in [1.29, 1.82) is 0 Å². The van der Waals surface area contributed by atoms with E-state index in [1.165, 1.54) is 18.2 Å². The van der Waals surface area contributed by atoms with Gasteiger partial charge in [0.2, 0.25) is 0 Å². The molecule has 1 aliphatic rings. The van der Waals surface area contributed by atoms with E-state index in [4.69, 9.17) is 0 Å². The summed E-state index contributed by atoms with van der Waals surface area (Å²) in [5.41, 5.74) is 2.48.